The summed E-state index contributed by atoms with van der Waals surface area (Å²) in [7, 11) is 2.75. The van der Waals surface area contributed by atoms with Gasteiger partial charge in [-0.05, 0) is 94.8 Å². The second-order valence-electron chi connectivity index (χ2n) is 17.2. The molecule has 14 nitrogen and oxygen atoms in total. The van der Waals surface area contributed by atoms with Gasteiger partial charge in [0.25, 0.3) is 0 Å². The number of benzene rings is 4. The zero-order valence-electron chi connectivity index (χ0n) is 36.0. The molecule has 0 bridgehead atoms. The molecule has 2 saturated heterocycles. The van der Waals surface area contributed by atoms with Gasteiger partial charge in [-0.3, -0.25) is 14.5 Å². The number of aromatic amines is 2. The summed E-state index contributed by atoms with van der Waals surface area (Å²) in [6.45, 7) is 8.70. The van der Waals surface area contributed by atoms with Crippen LogP contribution in [0.25, 0.3) is 55.3 Å². The van der Waals surface area contributed by atoms with Crippen molar-refractivity contribution in [1.82, 2.24) is 40.0 Å². The molecule has 2 fully saturated rings. The average Bonchev–Trinajstić information content (AvgIpc) is 4.11. The van der Waals surface area contributed by atoms with E-state index in [1.54, 1.807) is 4.90 Å². The van der Waals surface area contributed by atoms with E-state index in [0.717, 1.165) is 91.7 Å². The van der Waals surface area contributed by atoms with Crippen LogP contribution in [0.15, 0.2) is 85.1 Å². The molecular formula is C48H54N8O6. The fraction of sp³-hybridized carbons (Fsp3) is 0.375. The number of hydrogen-bond acceptors (Lipinski definition) is 7. The summed E-state index contributed by atoms with van der Waals surface area (Å²) >= 11 is 0. The van der Waals surface area contributed by atoms with Gasteiger partial charge in [0.1, 0.15) is 23.7 Å². The van der Waals surface area contributed by atoms with Gasteiger partial charge in [-0.1, -0.05) is 82.3 Å². The summed E-state index contributed by atoms with van der Waals surface area (Å²) in [5.74, 6) is 0.836. The Morgan fingerprint density at radius 1 is 0.742 bits per heavy atom. The standard InChI is InChI=1S/C48H54N8O6/c1-27(2)41(53-47(59)62-6)45(57)55-21-8-10-40(55)44-50-36-20-19-35(25-37(36)51-44)34-18-17-32-23-31(15-16-33(32)24-34)29-11-13-30(14-12-29)38-26-49-43(52-38)39-9-7-22-56(39)46(58)42(28(3)4)54(5)48(60)61/h11-20,23-28,39-42H,7-10,21-22H2,1-6H3,(H,49,52)(H,50,51)(H,53,59)(H,60,61)/t39-,40?,41-,42-/m0/s1. The maximum absolute atomic E-state index is 13.7. The van der Waals surface area contributed by atoms with E-state index in [1.165, 1.54) is 14.2 Å². The molecule has 322 valence electrons. The number of nitrogens with zero attached hydrogens (tertiary/aromatic N) is 5. The Bertz CT molecular complexity index is 2630. The lowest BCUT2D eigenvalue weighted by Gasteiger charge is -2.33. The van der Waals surface area contributed by atoms with Crippen LogP contribution >= 0.6 is 0 Å². The molecule has 2 aliphatic heterocycles. The fourth-order valence-electron chi connectivity index (χ4n) is 9.15. The first-order valence-electron chi connectivity index (χ1n) is 21.4. The number of amides is 4. The predicted octanol–water partition coefficient (Wildman–Crippen LogP) is 8.78. The number of fused-ring (bicyclic) bond motifs is 2. The number of carbonyl (C=O) groups excluding carboxylic acids is 3. The number of nitrogens with one attached hydrogen (secondary N) is 3. The lowest BCUT2D eigenvalue weighted by Crippen LogP contribution is -2.51. The number of ether oxygens (including phenoxy) is 1. The number of likely N-dealkylation sites (tertiary alicyclic amines) is 2. The number of carboxylic acid groups (broad SMARTS) is 1. The predicted molar refractivity (Wildman–Crippen MR) is 238 cm³/mol. The third-order valence-corrected chi connectivity index (χ3v) is 12.5. The van der Waals surface area contributed by atoms with E-state index in [9.17, 15) is 24.3 Å². The van der Waals surface area contributed by atoms with E-state index in [1.807, 2.05) is 44.9 Å². The molecule has 4 N–H and O–H groups in total. The molecule has 2 aromatic heterocycles. The molecule has 4 aromatic carbocycles. The topological polar surface area (TPSA) is 177 Å². The highest BCUT2D eigenvalue weighted by atomic mass is 16.5. The first kappa shape index (κ1) is 42.0. The first-order valence-corrected chi connectivity index (χ1v) is 21.4. The van der Waals surface area contributed by atoms with Gasteiger partial charge in [-0.25, -0.2) is 19.6 Å². The summed E-state index contributed by atoms with van der Waals surface area (Å²) in [5, 5.41) is 14.6. The Balaban J connectivity index is 0.956. The van der Waals surface area contributed by atoms with Crippen molar-refractivity contribution in [3.63, 3.8) is 0 Å². The van der Waals surface area contributed by atoms with E-state index in [2.05, 4.69) is 88.1 Å². The average molecular weight is 839 g/mol. The van der Waals surface area contributed by atoms with Crippen molar-refractivity contribution < 1.29 is 29.0 Å². The highest BCUT2D eigenvalue weighted by Crippen LogP contribution is 2.36. The van der Waals surface area contributed by atoms with Crippen LogP contribution in [0.4, 0.5) is 9.59 Å². The molecule has 6 aromatic rings. The number of likely N-dealkylation sites (N-methyl/N-ethyl adjacent to an activating group) is 1. The van der Waals surface area contributed by atoms with Gasteiger partial charge in [0.15, 0.2) is 0 Å². The van der Waals surface area contributed by atoms with Crippen molar-refractivity contribution in [1.29, 1.82) is 0 Å². The van der Waals surface area contributed by atoms with Crippen LogP contribution in [0.1, 0.15) is 77.1 Å². The number of methoxy groups -OCH3 is 1. The molecule has 0 spiro atoms. The zero-order valence-corrected chi connectivity index (χ0v) is 36.0. The first-order chi connectivity index (χ1) is 29.8. The van der Waals surface area contributed by atoms with Gasteiger partial charge >= 0.3 is 12.2 Å². The van der Waals surface area contributed by atoms with Crippen molar-refractivity contribution in [2.24, 2.45) is 11.8 Å². The van der Waals surface area contributed by atoms with Crippen LogP contribution in [0.5, 0.6) is 0 Å². The quantitative estimate of drug-likeness (QED) is 0.100. The molecule has 0 saturated carbocycles. The van der Waals surface area contributed by atoms with E-state index < -0.39 is 24.3 Å². The molecule has 4 atom stereocenters. The SMILES string of the molecule is COC(=O)N[C@H](C(=O)N1CCCC1c1nc2cc(-c3ccc4cc(-c5ccc(-c6c[nH]c([C@@H]7CCCN7C(=O)[C@H](C(C)C)N(C)C(=O)O)n6)cc5)ccc4c3)ccc2[nH]1)C(C)C. The van der Waals surface area contributed by atoms with E-state index in [0.29, 0.717) is 18.9 Å². The minimum atomic E-state index is -1.12. The third-order valence-electron chi connectivity index (χ3n) is 12.5. The Hall–Kier alpha value is -6.70. The highest BCUT2D eigenvalue weighted by Gasteiger charge is 2.40. The van der Waals surface area contributed by atoms with Crippen LogP contribution < -0.4 is 5.32 Å². The molecule has 62 heavy (non-hydrogen) atoms. The van der Waals surface area contributed by atoms with Crippen LogP contribution in [0.2, 0.25) is 0 Å². The second kappa shape index (κ2) is 17.3. The molecule has 0 radical (unpaired) electrons. The molecule has 14 heteroatoms. The molecule has 8 rings (SSSR count). The van der Waals surface area contributed by atoms with Crippen molar-refractivity contribution in [2.75, 3.05) is 27.2 Å². The number of carbonyl (C=O) groups is 4. The maximum Gasteiger partial charge on any atom is 0.407 e. The van der Waals surface area contributed by atoms with Gasteiger partial charge < -0.3 is 34.9 Å². The van der Waals surface area contributed by atoms with Gasteiger partial charge in [0, 0.05) is 31.9 Å². The number of aromatic nitrogens is 4. The molecule has 1 unspecified atom stereocenters. The van der Waals surface area contributed by atoms with Crippen LogP contribution in [-0.2, 0) is 14.3 Å². The smallest absolute Gasteiger partial charge is 0.407 e. The minimum Gasteiger partial charge on any atom is -0.465 e. The van der Waals surface area contributed by atoms with Crippen molar-refractivity contribution in [3.05, 3.63) is 96.7 Å². The number of imidazole rings is 2. The summed E-state index contributed by atoms with van der Waals surface area (Å²) in [6, 6.07) is 25.5. The van der Waals surface area contributed by atoms with Gasteiger partial charge in [0.05, 0.1) is 35.9 Å². The lowest BCUT2D eigenvalue weighted by atomic mass is 9.97. The van der Waals surface area contributed by atoms with Crippen LogP contribution in [0.3, 0.4) is 0 Å². The number of H-pyrrole nitrogens is 2. The third kappa shape index (κ3) is 8.20. The zero-order chi connectivity index (χ0) is 43.8. The molecule has 0 aliphatic carbocycles. The Kier molecular flexibility index (Phi) is 11.8. The van der Waals surface area contributed by atoms with Gasteiger partial charge in [-0.15, -0.1) is 0 Å². The van der Waals surface area contributed by atoms with Gasteiger partial charge in [-0.2, -0.15) is 0 Å². The summed E-state index contributed by atoms with van der Waals surface area (Å²) in [4.78, 5) is 72.4. The summed E-state index contributed by atoms with van der Waals surface area (Å²) in [6.07, 6.45) is 3.33. The van der Waals surface area contributed by atoms with Crippen molar-refractivity contribution >= 4 is 45.8 Å². The van der Waals surface area contributed by atoms with Crippen LogP contribution in [0, 0.1) is 11.8 Å². The van der Waals surface area contributed by atoms with Gasteiger partial charge in [0.2, 0.25) is 11.8 Å². The monoisotopic (exact) mass is 838 g/mol. The fourth-order valence-corrected chi connectivity index (χ4v) is 9.15. The molecule has 2 aliphatic rings. The Labute approximate surface area is 360 Å². The summed E-state index contributed by atoms with van der Waals surface area (Å²) < 4.78 is 4.78. The molecular weight excluding hydrogens is 785 g/mol. The second-order valence-corrected chi connectivity index (χ2v) is 17.2. The Morgan fingerprint density at radius 2 is 1.31 bits per heavy atom. The summed E-state index contributed by atoms with van der Waals surface area (Å²) in [5.41, 5.74) is 7.74. The number of hydrogen-bond donors (Lipinski definition) is 4. The number of alkyl carbamates (subject to hydrolysis) is 1. The Morgan fingerprint density at radius 3 is 1.92 bits per heavy atom. The largest absolute Gasteiger partial charge is 0.465 e. The van der Waals surface area contributed by atoms with Crippen LogP contribution in [-0.4, -0.2) is 103 Å². The minimum absolute atomic E-state index is 0.109. The maximum atomic E-state index is 13.7. The van der Waals surface area contributed by atoms with Crippen molar-refractivity contribution in [3.8, 4) is 33.5 Å². The van der Waals surface area contributed by atoms with E-state index in [4.69, 9.17) is 14.7 Å². The molecule has 4 heterocycles. The number of rotatable bonds is 11. The highest BCUT2D eigenvalue weighted by molar-refractivity contribution is 5.92. The van der Waals surface area contributed by atoms with Crippen molar-refractivity contribution in [2.45, 2.75) is 77.5 Å². The lowest BCUT2D eigenvalue weighted by molar-refractivity contribution is -0.138. The molecule has 4 amide bonds. The van der Waals surface area contributed by atoms with E-state index in [-0.39, 0.29) is 35.7 Å². The van der Waals surface area contributed by atoms with E-state index >= 15 is 0 Å². The normalized spacial score (nSPS) is 17.5.